The number of halogens is 2. The van der Waals surface area contributed by atoms with Crippen LogP contribution in [0.3, 0.4) is 0 Å². The van der Waals surface area contributed by atoms with E-state index in [9.17, 15) is 4.39 Å². The fraction of sp³-hybridized carbons (Fsp3) is 0.333. The summed E-state index contributed by atoms with van der Waals surface area (Å²) in [6, 6.07) is 15.4. The molecule has 0 spiro atoms. The molecule has 2 fully saturated rings. The molecule has 2 aliphatic rings. The van der Waals surface area contributed by atoms with Crippen molar-refractivity contribution in [2.24, 2.45) is 7.05 Å². The Morgan fingerprint density at radius 2 is 1.42 bits per heavy atom. The molecule has 0 radical (unpaired) electrons. The normalized spacial score (nSPS) is 15.4. The molecule has 15 heteroatoms. The number of imidazole rings is 1. The van der Waals surface area contributed by atoms with Crippen LogP contribution >= 0.6 is 0 Å². The van der Waals surface area contributed by atoms with E-state index in [2.05, 4.69) is 63.2 Å². The molecule has 7 heterocycles. The Kier molecular flexibility index (Phi) is 9.70. The van der Waals surface area contributed by atoms with E-state index in [4.69, 9.17) is 0 Å². The number of benzene rings is 3. The topological polar surface area (TPSA) is 140 Å². The first-order chi connectivity index (χ1) is 27.7. The van der Waals surface area contributed by atoms with Crippen molar-refractivity contribution in [3.05, 3.63) is 95.6 Å². The van der Waals surface area contributed by atoms with E-state index in [0.717, 1.165) is 96.2 Å². The van der Waals surface area contributed by atoms with E-state index < -0.39 is 5.82 Å². The molecular formula is C42H43F2N13. The average molecular weight is 768 g/mol. The number of piperidine rings is 2. The summed E-state index contributed by atoms with van der Waals surface area (Å²) in [4.78, 5) is 15.3. The van der Waals surface area contributed by atoms with E-state index in [1.165, 1.54) is 17.7 Å². The molecule has 5 aromatic heterocycles. The summed E-state index contributed by atoms with van der Waals surface area (Å²) in [6.07, 6.45) is 9.81. The average Bonchev–Trinajstić information content (AvgIpc) is 3.82. The molecule has 0 saturated carbocycles. The molecule has 0 unspecified atom stereocenters. The third-order valence-corrected chi connectivity index (χ3v) is 11.1. The lowest BCUT2D eigenvalue weighted by Crippen LogP contribution is -2.42. The summed E-state index contributed by atoms with van der Waals surface area (Å²) >= 11 is 0. The van der Waals surface area contributed by atoms with E-state index in [0.29, 0.717) is 40.5 Å². The lowest BCUT2D eigenvalue weighted by Gasteiger charge is -2.31. The van der Waals surface area contributed by atoms with Gasteiger partial charge >= 0.3 is 0 Å². The predicted molar refractivity (Wildman–Crippen MR) is 217 cm³/mol. The molecular weight excluding hydrogens is 725 g/mol. The van der Waals surface area contributed by atoms with Gasteiger partial charge in [-0.25, -0.2) is 23.7 Å². The minimum Gasteiger partial charge on any atom is -0.339 e. The first-order valence-corrected chi connectivity index (χ1v) is 19.4. The predicted octanol–water partition coefficient (Wildman–Crippen LogP) is 6.47. The molecule has 2 saturated heterocycles. The van der Waals surface area contributed by atoms with Crippen molar-refractivity contribution in [1.29, 1.82) is 0 Å². The van der Waals surface area contributed by atoms with Gasteiger partial charge in [0.2, 0.25) is 5.95 Å². The maximum absolute atomic E-state index is 15.1. The molecule has 0 amide bonds. The molecule has 0 aliphatic carbocycles. The Bertz CT molecular complexity index is 2770. The van der Waals surface area contributed by atoms with Crippen LogP contribution in [0.2, 0.25) is 0 Å². The van der Waals surface area contributed by atoms with Crippen molar-refractivity contribution in [3.8, 4) is 22.5 Å². The van der Waals surface area contributed by atoms with Crippen LogP contribution in [-0.4, -0.2) is 88.8 Å². The second-order valence-corrected chi connectivity index (χ2v) is 15.2. The summed E-state index contributed by atoms with van der Waals surface area (Å²) in [5.74, 6) is 0.642. The standard InChI is InChI=1S/C22H24FN7.C20H19FN6/c1-13-8-14(9-16-12-29(2)28-20(13)16)15-10-18(23)21-19(11-15)26-27-22(25-21)30(3)17-4-6-24-7-5-17;1-12-10-27-11-15(8-16(21)20(27)23-12)19-24-17-3-2-14(9-18(17)25-26-19)13-4-6-22-7-5-13/h8-12,17,24H,4-7H2,1-3H3;2-3,8-11,13,22H,4-7H2,1H3. The summed E-state index contributed by atoms with van der Waals surface area (Å²) in [6.45, 7) is 7.88. The number of hydrogen-bond acceptors (Lipinski definition) is 11. The Morgan fingerprint density at radius 1 is 0.684 bits per heavy atom. The second-order valence-electron chi connectivity index (χ2n) is 15.2. The lowest BCUT2D eigenvalue weighted by atomic mass is 9.90. The SMILES string of the molecule is Cc1cc(-c2cc(F)c3nc(N(C)C4CCNCC4)nnc3c2)cc2cn(C)nc12.Cc1cn2cc(-c3nnc4cc(C5CCNCC5)ccc4n3)cc(F)c2n1. The number of aryl methyl sites for hydroxylation is 3. The van der Waals surface area contributed by atoms with Gasteiger partial charge in [0.15, 0.2) is 23.1 Å². The molecule has 13 nitrogen and oxygen atoms in total. The molecule has 10 rings (SSSR count). The zero-order valence-corrected chi connectivity index (χ0v) is 32.3. The van der Waals surface area contributed by atoms with Crippen molar-refractivity contribution in [2.45, 2.75) is 51.5 Å². The summed E-state index contributed by atoms with van der Waals surface area (Å²) in [5, 5.41) is 29.4. The van der Waals surface area contributed by atoms with Crippen molar-refractivity contribution < 1.29 is 8.78 Å². The molecule has 2 N–H and O–H groups in total. The van der Waals surface area contributed by atoms with Gasteiger partial charge in [0.1, 0.15) is 16.6 Å². The Balaban J connectivity index is 0.000000149. The first kappa shape index (κ1) is 36.6. The van der Waals surface area contributed by atoms with Crippen molar-refractivity contribution in [3.63, 3.8) is 0 Å². The highest BCUT2D eigenvalue weighted by atomic mass is 19.1. The minimum atomic E-state index is -0.398. The third-order valence-electron chi connectivity index (χ3n) is 11.1. The Labute approximate surface area is 327 Å². The molecule has 0 bridgehead atoms. The van der Waals surface area contributed by atoms with Gasteiger partial charge in [-0.2, -0.15) is 5.10 Å². The van der Waals surface area contributed by atoms with Gasteiger partial charge in [-0.3, -0.25) is 4.68 Å². The number of nitrogens with zero attached hydrogens (tertiary/aromatic N) is 11. The summed E-state index contributed by atoms with van der Waals surface area (Å²) in [7, 11) is 3.85. The van der Waals surface area contributed by atoms with Gasteiger partial charge in [0, 0.05) is 49.7 Å². The fourth-order valence-corrected chi connectivity index (χ4v) is 8.05. The Morgan fingerprint density at radius 3 is 2.23 bits per heavy atom. The highest BCUT2D eigenvalue weighted by Gasteiger charge is 2.22. The quantitative estimate of drug-likeness (QED) is 0.199. The van der Waals surface area contributed by atoms with Crippen LogP contribution in [0.15, 0.2) is 67.1 Å². The highest BCUT2D eigenvalue weighted by Crippen LogP contribution is 2.31. The number of pyridine rings is 1. The number of rotatable bonds is 5. The van der Waals surface area contributed by atoms with Crippen LogP contribution in [-0.2, 0) is 7.05 Å². The lowest BCUT2D eigenvalue weighted by molar-refractivity contribution is 0.439. The van der Waals surface area contributed by atoms with Crippen molar-refractivity contribution in [2.75, 3.05) is 38.1 Å². The van der Waals surface area contributed by atoms with E-state index in [-0.39, 0.29) is 11.3 Å². The van der Waals surface area contributed by atoms with Crippen LogP contribution in [0, 0.1) is 25.5 Å². The smallest absolute Gasteiger partial charge is 0.246 e. The molecule has 57 heavy (non-hydrogen) atoms. The van der Waals surface area contributed by atoms with E-state index in [1.807, 2.05) is 63.3 Å². The molecule has 8 aromatic rings. The van der Waals surface area contributed by atoms with Gasteiger partial charge < -0.3 is 19.9 Å². The number of aromatic nitrogens is 10. The Hall–Kier alpha value is -6.06. The molecule has 0 atom stereocenters. The van der Waals surface area contributed by atoms with Gasteiger partial charge in [-0.05, 0) is 136 Å². The third kappa shape index (κ3) is 7.35. The molecule has 3 aromatic carbocycles. The maximum Gasteiger partial charge on any atom is 0.246 e. The fourth-order valence-electron chi connectivity index (χ4n) is 8.05. The van der Waals surface area contributed by atoms with Gasteiger partial charge in [0.05, 0.1) is 16.7 Å². The molecule has 290 valence electrons. The highest BCUT2D eigenvalue weighted by molar-refractivity contribution is 5.89. The minimum absolute atomic E-state index is 0.253. The largest absolute Gasteiger partial charge is 0.339 e. The monoisotopic (exact) mass is 767 g/mol. The summed E-state index contributed by atoms with van der Waals surface area (Å²) in [5.41, 5.74) is 8.85. The van der Waals surface area contributed by atoms with Crippen molar-refractivity contribution in [1.82, 2.24) is 60.2 Å². The number of fused-ring (bicyclic) bond motifs is 4. The van der Waals surface area contributed by atoms with E-state index >= 15 is 4.39 Å². The van der Waals surface area contributed by atoms with E-state index in [1.54, 1.807) is 21.5 Å². The van der Waals surface area contributed by atoms with Crippen LogP contribution < -0.4 is 15.5 Å². The first-order valence-electron chi connectivity index (χ1n) is 19.4. The maximum atomic E-state index is 15.1. The second kappa shape index (κ2) is 15.1. The van der Waals surface area contributed by atoms with Crippen LogP contribution in [0.25, 0.3) is 61.1 Å². The zero-order valence-electron chi connectivity index (χ0n) is 32.3. The number of anilines is 1. The molecule has 2 aliphatic heterocycles. The van der Waals surface area contributed by atoms with Crippen LogP contribution in [0.1, 0.15) is 48.4 Å². The zero-order chi connectivity index (χ0) is 39.2. The van der Waals surface area contributed by atoms with Crippen LogP contribution in [0.4, 0.5) is 14.7 Å². The number of hydrogen-bond donors (Lipinski definition) is 2. The number of nitrogens with one attached hydrogen (secondary N) is 2. The summed E-state index contributed by atoms with van der Waals surface area (Å²) < 4.78 is 32.9. The van der Waals surface area contributed by atoms with Crippen LogP contribution in [0.5, 0.6) is 0 Å². The van der Waals surface area contributed by atoms with Crippen molar-refractivity contribution >= 4 is 44.6 Å². The van der Waals surface area contributed by atoms with Gasteiger partial charge in [-0.1, -0.05) is 6.07 Å². The van der Waals surface area contributed by atoms with Gasteiger partial charge in [0.25, 0.3) is 0 Å². The van der Waals surface area contributed by atoms with Gasteiger partial charge in [-0.15, -0.1) is 20.4 Å².